The summed E-state index contributed by atoms with van der Waals surface area (Å²) in [4.78, 5) is 10.4. The maximum atomic E-state index is 10.4. The van der Waals surface area contributed by atoms with Gasteiger partial charge in [-0.3, -0.25) is 4.79 Å². The first-order valence-electron chi connectivity index (χ1n) is 9.35. The second-order valence-corrected chi connectivity index (χ2v) is 6.67. The van der Waals surface area contributed by atoms with Crippen molar-refractivity contribution in [1.82, 2.24) is 0 Å². The van der Waals surface area contributed by atoms with Crippen LogP contribution in [-0.2, 0) is 17.6 Å². The van der Waals surface area contributed by atoms with Gasteiger partial charge in [-0.05, 0) is 44.2 Å². The number of unbranched alkanes of at least 4 members (excludes halogenated alkanes) is 7. The molecule has 0 fully saturated rings. The van der Waals surface area contributed by atoms with Gasteiger partial charge in [-0.15, -0.1) is 0 Å². The third-order valence-electron chi connectivity index (χ3n) is 4.70. The Bertz CT molecular complexity index is 460. The van der Waals surface area contributed by atoms with Crippen LogP contribution in [0.3, 0.4) is 0 Å². The van der Waals surface area contributed by atoms with Crippen molar-refractivity contribution in [3.63, 3.8) is 0 Å². The highest BCUT2D eigenvalue weighted by atomic mass is 16.4. The van der Waals surface area contributed by atoms with E-state index in [-0.39, 0.29) is 0 Å². The lowest BCUT2D eigenvalue weighted by molar-refractivity contribution is -0.137. The van der Waals surface area contributed by atoms with Gasteiger partial charge in [-0.2, -0.15) is 0 Å². The Hall–Kier alpha value is -1.25. The topological polar surface area (TPSA) is 50.4 Å². The fourth-order valence-electron chi connectivity index (χ4n) is 3.00. The number of rotatable bonds is 13. The highest BCUT2D eigenvalue weighted by molar-refractivity contribution is 5.66. The van der Waals surface area contributed by atoms with Crippen LogP contribution in [0.2, 0.25) is 0 Å². The first-order valence-corrected chi connectivity index (χ1v) is 9.35. The van der Waals surface area contributed by atoms with Crippen LogP contribution in [0.25, 0.3) is 0 Å². The molecule has 0 radical (unpaired) electrons. The van der Waals surface area contributed by atoms with Crippen LogP contribution in [0.1, 0.15) is 93.8 Å². The minimum absolute atomic E-state index is 0.311. The van der Waals surface area contributed by atoms with Gasteiger partial charge in [0.1, 0.15) is 11.5 Å². The van der Waals surface area contributed by atoms with Gasteiger partial charge >= 0.3 is 5.97 Å². The fraction of sp³-hybridized carbons (Fsp3) is 0.750. The second kappa shape index (κ2) is 11.3. The van der Waals surface area contributed by atoms with Gasteiger partial charge in [0.2, 0.25) is 0 Å². The number of aliphatic carboxylic acids is 1. The number of carboxylic acid groups (broad SMARTS) is 1. The zero-order valence-corrected chi connectivity index (χ0v) is 15.2. The molecule has 1 N–H and O–H groups in total. The van der Waals surface area contributed by atoms with E-state index in [2.05, 4.69) is 20.8 Å². The van der Waals surface area contributed by atoms with Gasteiger partial charge in [0.15, 0.2) is 0 Å². The molecule has 0 spiro atoms. The average Bonchev–Trinajstić information content (AvgIpc) is 2.78. The SMILES string of the molecule is CCCCCc1oc(CCCCCCCCC(=O)O)c(C)c1C. The highest BCUT2D eigenvalue weighted by Gasteiger charge is 2.12. The van der Waals surface area contributed by atoms with Gasteiger partial charge in [0, 0.05) is 19.3 Å². The van der Waals surface area contributed by atoms with E-state index < -0.39 is 5.97 Å². The summed E-state index contributed by atoms with van der Waals surface area (Å²) in [6, 6.07) is 0. The lowest BCUT2D eigenvalue weighted by atomic mass is 10.0. The molecule has 0 aliphatic rings. The third-order valence-corrected chi connectivity index (χ3v) is 4.70. The van der Waals surface area contributed by atoms with E-state index in [1.54, 1.807) is 0 Å². The largest absolute Gasteiger partial charge is 0.481 e. The van der Waals surface area contributed by atoms with E-state index in [4.69, 9.17) is 9.52 Å². The van der Waals surface area contributed by atoms with Crippen molar-refractivity contribution < 1.29 is 14.3 Å². The molecule has 0 unspecified atom stereocenters. The van der Waals surface area contributed by atoms with E-state index in [9.17, 15) is 4.79 Å². The van der Waals surface area contributed by atoms with Gasteiger partial charge in [-0.25, -0.2) is 0 Å². The maximum absolute atomic E-state index is 10.4. The van der Waals surface area contributed by atoms with E-state index >= 15 is 0 Å². The number of furan rings is 1. The van der Waals surface area contributed by atoms with Gasteiger partial charge in [-0.1, -0.05) is 45.4 Å². The van der Waals surface area contributed by atoms with Crippen LogP contribution >= 0.6 is 0 Å². The molecule has 132 valence electrons. The van der Waals surface area contributed by atoms with Crippen LogP contribution < -0.4 is 0 Å². The summed E-state index contributed by atoms with van der Waals surface area (Å²) in [7, 11) is 0. The molecule has 0 amide bonds. The molecule has 0 aromatic carbocycles. The molecule has 3 heteroatoms. The molecule has 0 bridgehead atoms. The quantitative estimate of drug-likeness (QED) is 0.454. The molecule has 1 rings (SSSR count). The first kappa shape index (κ1) is 19.8. The number of hydrogen-bond donors (Lipinski definition) is 1. The summed E-state index contributed by atoms with van der Waals surface area (Å²) in [5.74, 6) is 1.70. The smallest absolute Gasteiger partial charge is 0.303 e. The predicted molar refractivity (Wildman–Crippen MR) is 95.1 cm³/mol. The first-order chi connectivity index (χ1) is 11.1. The molecule has 0 saturated heterocycles. The van der Waals surface area contributed by atoms with Crippen LogP contribution in [0, 0.1) is 13.8 Å². The minimum Gasteiger partial charge on any atom is -0.481 e. The van der Waals surface area contributed by atoms with Crippen molar-refractivity contribution in [2.75, 3.05) is 0 Å². The van der Waals surface area contributed by atoms with Crippen molar-refractivity contribution >= 4 is 5.97 Å². The second-order valence-electron chi connectivity index (χ2n) is 6.67. The van der Waals surface area contributed by atoms with Crippen molar-refractivity contribution in [2.24, 2.45) is 0 Å². The van der Waals surface area contributed by atoms with E-state index in [0.717, 1.165) is 32.1 Å². The fourth-order valence-corrected chi connectivity index (χ4v) is 3.00. The molecular weight excluding hydrogens is 288 g/mol. The van der Waals surface area contributed by atoms with Gasteiger partial charge in [0.25, 0.3) is 0 Å². The molecule has 0 saturated carbocycles. The summed E-state index contributed by atoms with van der Waals surface area (Å²) in [6.07, 6.45) is 12.7. The Morgan fingerprint density at radius 2 is 1.30 bits per heavy atom. The third kappa shape index (κ3) is 7.71. The molecule has 1 aromatic heterocycles. The molecule has 0 aliphatic heterocycles. The maximum Gasteiger partial charge on any atom is 0.303 e. The molecule has 1 aromatic rings. The molecule has 3 nitrogen and oxygen atoms in total. The summed E-state index contributed by atoms with van der Waals surface area (Å²) in [6.45, 7) is 6.60. The monoisotopic (exact) mass is 322 g/mol. The highest BCUT2D eigenvalue weighted by Crippen LogP contribution is 2.25. The molecule has 0 atom stereocenters. The zero-order chi connectivity index (χ0) is 17.1. The van der Waals surface area contributed by atoms with Crippen LogP contribution in [0.4, 0.5) is 0 Å². The summed E-state index contributed by atoms with van der Waals surface area (Å²) in [5.41, 5.74) is 2.70. The van der Waals surface area contributed by atoms with E-state index in [1.807, 2.05) is 0 Å². The number of carboxylic acids is 1. The lowest BCUT2D eigenvalue weighted by Crippen LogP contribution is -1.93. The standard InChI is InChI=1S/C20H34O3/c1-4-5-10-13-18-16(2)17(3)19(23-18)14-11-8-6-7-9-12-15-20(21)22/h4-15H2,1-3H3,(H,21,22). The van der Waals surface area contributed by atoms with Crippen LogP contribution in [0.15, 0.2) is 4.42 Å². The van der Waals surface area contributed by atoms with E-state index in [0.29, 0.717) is 6.42 Å². The average molecular weight is 322 g/mol. The van der Waals surface area contributed by atoms with E-state index in [1.165, 1.54) is 61.2 Å². The molecular formula is C20H34O3. The normalized spacial score (nSPS) is 11.1. The van der Waals surface area contributed by atoms with Gasteiger partial charge < -0.3 is 9.52 Å². The van der Waals surface area contributed by atoms with Crippen molar-refractivity contribution in [3.8, 4) is 0 Å². The number of carbonyl (C=O) groups is 1. The summed E-state index contributed by atoms with van der Waals surface area (Å²) < 4.78 is 6.10. The van der Waals surface area contributed by atoms with Crippen molar-refractivity contribution in [2.45, 2.75) is 97.8 Å². The van der Waals surface area contributed by atoms with Crippen LogP contribution in [0.5, 0.6) is 0 Å². The molecule has 23 heavy (non-hydrogen) atoms. The number of hydrogen-bond acceptors (Lipinski definition) is 2. The predicted octanol–water partition coefficient (Wildman–Crippen LogP) is 5.99. The molecule has 0 aliphatic carbocycles. The lowest BCUT2D eigenvalue weighted by Gasteiger charge is -2.01. The Morgan fingerprint density at radius 3 is 1.83 bits per heavy atom. The van der Waals surface area contributed by atoms with Crippen molar-refractivity contribution in [3.05, 3.63) is 22.6 Å². The Labute approximate surface area is 141 Å². The Morgan fingerprint density at radius 1 is 0.826 bits per heavy atom. The Kier molecular flexibility index (Phi) is 9.74. The minimum atomic E-state index is -0.677. The number of aryl methyl sites for hydroxylation is 2. The zero-order valence-electron chi connectivity index (χ0n) is 15.2. The van der Waals surface area contributed by atoms with Gasteiger partial charge in [0.05, 0.1) is 0 Å². The molecule has 1 heterocycles. The summed E-state index contributed by atoms with van der Waals surface area (Å²) in [5, 5.41) is 8.59. The Balaban J connectivity index is 2.21. The van der Waals surface area contributed by atoms with Crippen molar-refractivity contribution in [1.29, 1.82) is 0 Å². The van der Waals surface area contributed by atoms with Crippen LogP contribution in [-0.4, -0.2) is 11.1 Å². The summed E-state index contributed by atoms with van der Waals surface area (Å²) >= 11 is 0.